The minimum absolute atomic E-state index is 0.235. The fourth-order valence-corrected chi connectivity index (χ4v) is 5.69. The average molecular weight is 505 g/mol. The third-order valence-electron chi connectivity index (χ3n) is 7.92. The van der Waals surface area contributed by atoms with Gasteiger partial charge in [-0.3, -0.25) is 0 Å². The lowest BCUT2D eigenvalue weighted by atomic mass is 9.78. The van der Waals surface area contributed by atoms with Crippen LogP contribution in [0.3, 0.4) is 0 Å². The van der Waals surface area contributed by atoms with Gasteiger partial charge in [0.15, 0.2) is 11.6 Å². The molecule has 3 aromatic rings. The van der Waals surface area contributed by atoms with Crippen LogP contribution in [-0.2, 0) is 6.42 Å². The first-order valence-electron chi connectivity index (χ1n) is 14.0. The second-order valence-corrected chi connectivity index (χ2v) is 10.5. The van der Waals surface area contributed by atoms with Gasteiger partial charge in [0, 0.05) is 11.1 Å². The summed E-state index contributed by atoms with van der Waals surface area (Å²) in [4.78, 5) is 0. The van der Waals surface area contributed by atoms with Gasteiger partial charge in [0.1, 0.15) is 5.82 Å². The SMILES string of the molecule is C/C=C/C1CCC(c2ccc(-c3ccc(-c4ccc(CCCCCCC)c(F)c4F)cc3)c(F)c2)CC1. The van der Waals surface area contributed by atoms with E-state index in [1.165, 1.54) is 6.42 Å². The van der Waals surface area contributed by atoms with E-state index >= 15 is 4.39 Å². The number of benzene rings is 3. The fourth-order valence-electron chi connectivity index (χ4n) is 5.69. The van der Waals surface area contributed by atoms with Crippen LogP contribution in [0, 0.1) is 23.4 Å². The molecule has 1 aliphatic rings. The van der Waals surface area contributed by atoms with Crippen LogP contribution in [0.2, 0.25) is 0 Å². The number of halogens is 3. The zero-order valence-corrected chi connectivity index (χ0v) is 22.2. The summed E-state index contributed by atoms with van der Waals surface area (Å²) in [5.41, 5.74) is 3.59. The summed E-state index contributed by atoms with van der Waals surface area (Å²) in [6, 6.07) is 16.0. The molecule has 0 aromatic heterocycles. The average Bonchev–Trinajstić information content (AvgIpc) is 2.92. The van der Waals surface area contributed by atoms with Crippen molar-refractivity contribution in [2.75, 3.05) is 0 Å². The van der Waals surface area contributed by atoms with E-state index in [2.05, 4.69) is 26.0 Å². The molecule has 37 heavy (non-hydrogen) atoms. The topological polar surface area (TPSA) is 0 Å². The highest BCUT2D eigenvalue weighted by molar-refractivity contribution is 5.71. The molecule has 0 nitrogen and oxygen atoms in total. The molecular weight excluding hydrogens is 465 g/mol. The van der Waals surface area contributed by atoms with Gasteiger partial charge < -0.3 is 0 Å². The Labute approximate surface area is 220 Å². The molecule has 0 bridgehead atoms. The molecule has 4 rings (SSSR count). The maximum atomic E-state index is 15.1. The van der Waals surface area contributed by atoms with Crippen molar-refractivity contribution in [2.45, 2.75) is 84.0 Å². The van der Waals surface area contributed by atoms with Gasteiger partial charge >= 0.3 is 0 Å². The van der Waals surface area contributed by atoms with Gasteiger partial charge in [0.25, 0.3) is 0 Å². The van der Waals surface area contributed by atoms with E-state index in [0.717, 1.165) is 62.5 Å². The number of allylic oxidation sites excluding steroid dienone is 2. The zero-order chi connectivity index (χ0) is 26.2. The molecule has 1 fully saturated rings. The second kappa shape index (κ2) is 13.1. The molecule has 1 saturated carbocycles. The Kier molecular flexibility index (Phi) is 9.66. The number of unbranched alkanes of at least 4 members (excludes halogenated alkanes) is 4. The molecule has 0 radical (unpaired) electrons. The first-order valence-corrected chi connectivity index (χ1v) is 14.0. The molecule has 0 spiro atoms. The van der Waals surface area contributed by atoms with Crippen LogP contribution in [0.5, 0.6) is 0 Å². The smallest absolute Gasteiger partial charge is 0.166 e. The molecule has 0 saturated heterocycles. The molecule has 0 atom stereocenters. The van der Waals surface area contributed by atoms with Crippen LogP contribution in [0.1, 0.15) is 88.7 Å². The Bertz CT molecular complexity index is 1180. The Morgan fingerprint density at radius 3 is 2.03 bits per heavy atom. The summed E-state index contributed by atoms with van der Waals surface area (Å²) >= 11 is 0. The van der Waals surface area contributed by atoms with Gasteiger partial charge in [0.05, 0.1) is 0 Å². The molecular formula is C34H39F3. The number of rotatable bonds is 10. The fraction of sp³-hybridized carbons (Fsp3) is 0.412. The Morgan fingerprint density at radius 2 is 1.38 bits per heavy atom. The number of hydrogen-bond acceptors (Lipinski definition) is 0. The zero-order valence-electron chi connectivity index (χ0n) is 22.2. The van der Waals surface area contributed by atoms with Crippen LogP contribution in [-0.4, -0.2) is 0 Å². The lowest BCUT2D eigenvalue weighted by Crippen LogP contribution is -2.12. The van der Waals surface area contributed by atoms with Crippen molar-refractivity contribution in [3.63, 3.8) is 0 Å². The predicted molar refractivity (Wildman–Crippen MR) is 149 cm³/mol. The van der Waals surface area contributed by atoms with Gasteiger partial charge in [-0.05, 0) is 85.6 Å². The molecule has 0 N–H and O–H groups in total. The van der Waals surface area contributed by atoms with Crippen LogP contribution in [0.25, 0.3) is 22.3 Å². The summed E-state index contributed by atoms with van der Waals surface area (Å²) in [6.45, 7) is 4.22. The van der Waals surface area contributed by atoms with E-state index < -0.39 is 11.6 Å². The standard InChI is InChI=1S/C34H39F3/c1-3-5-6-7-8-10-28-19-22-31(34(37)33(28)36)27-17-15-26(16-18-27)30-21-20-29(23-32(30)35)25-13-11-24(9-4-2)12-14-25/h4,9,15-25H,3,5-8,10-14H2,1-2H3/b9-4+. The van der Waals surface area contributed by atoms with Crippen molar-refractivity contribution in [3.8, 4) is 22.3 Å². The summed E-state index contributed by atoms with van der Waals surface area (Å²) < 4.78 is 44.8. The van der Waals surface area contributed by atoms with Crippen molar-refractivity contribution >= 4 is 0 Å². The van der Waals surface area contributed by atoms with Crippen LogP contribution in [0.15, 0.2) is 66.7 Å². The van der Waals surface area contributed by atoms with E-state index in [1.54, 1.807) is 42.5 Å². The molecule has 0 aliphatic heterocycles. The van der Waals surface area contributed by atoms with E-state index in [4.69, 9.17) is 0 Å². The van der Waals surface area contributed by atoms with Crippen LogP contribution < -0.4 is 0 Å². The molecule has 0 unspecified atom stereocenters. The molecule has 3 aromatic carbocycles. The summed E-state index contributed by atoms with van der Waals surface area (Å²) in [6.07, 6.45) is 14.8. The summed E-state index contributed by atoms with van der Waals surface area (Å²) in [7, 11) is 0. The van der Waals surface area contributed by atoms with E-state index in [1.807, 2.05) is 12.1 Å². The predicted octanol–water partition coefficient (Wildman–Crippen LogP) is 10.8. The molecule has 1 aliphatic carbocycles. The van der Waals surface area contributed by atoms with Crippen molar-refractivity contribution in [3.05, 3.63) is 95.3 Å². The van der Waals surface area contributed by atoms with Crippen molar-refractivity contribution < 1.29 is 13.2 Å². The van der Waals surface area contributed by atoms with Crippen molar-refractivity contribution in [1.82, 2.24) is 0 Å². The Hall–Kier alpha value is -2.81. The van der Waals surface area contributed by atoms with Gasteiger partial charge in [-0.25, -0.2) is 13.2 Å². The second-order valence-electron chi connectivity index (χ2n) is 10.5. The number of aryl methyl sites for hydroxylation is 1. The van der Waals surface area contributed by atoms with Gasteiger partial charge in [-0.1, -0.05) is 93.3 Å². The highest BCUT2D eigenvalue weighted by Crippen LogP contribution is 2.38. The maximum Gasteiger partial charge on any atom is 0.166 e. The van der Waals surface area contributed by atoms with E-state index in [9.17, 15) is 8.78 Å². The Balaban J connectivity index is 1.44. The molecule has 0 heterocycles. The maximum absolute atomic E-state index is 15.1. The molecule has 196 valence electrons. The number of hydrogen-bond donors (Lipinski definition) is 0. The third kappa shape index (κ3) is 6.74. The van der Waals surface area contributed by atoms with Crippen molar-refractivity contribution in [1.29, 1.82) is 0 Å². The van der Waals surface area contributed by atoms with Gasteiger partial charge in [-0.15, -0.1) is 0 Å². The molecule has 3 heteroatoms. The monoisotopic (exact) mass is 504 g/mol. The molecule has 0 amide bonds. The summed E-state index contributed by atoms with van der Waals surface area (Å²) in [5.74, 6) is -0.739. The first-order chi connectivity index (χ1) is 18.0. The third-order valence-corrected chi connectivity index (χ3v) is 7.92. The highest BCUT2D eigenvalue weighted by atomic mass is 19.2. The highest BCUT2D eigenvalue weighted by Gasteiger charge is 2.22. The van der Waals surface area contributed by atoms with Crippen LogP contribution >= 0.6 is 0 Å². The minimum Gasteiger partial charge on any atom is -0.206 e. The van der Waals surface area contributed by atoms with Gasteiger partial charge in [-0.2, -0.15) is 0 Å². The first kappa shape index (κ1) is 27.2. The lowest BCUT2D eigenvalue weighted by molar-refractivity contribution is 0.375. The van der Waals surface area contributed by atoms with E-state index in [-0.39, 0.29) is 11.4 Å². The Morgan fingerprint density at radius 1 is 0.730 bits per heavy atom. The summed E-state index contributed by atoms with van der Waals surface area (Å²) in [5, 5.41) is 0. The van der Waals surface area contributed by atoms with Gasteiger partial charge in [0.2, 0.25) is 0 Å². The lowest BCUT2D eigenvalue weighted by Gasteiger charge is -2.27. The quantitative estimate of drug-likeness (QED) is 0.190. The minimum atomic E-state index is -0.807. The normalized spacial score (nSPS) is 18.0. The van der Waals surface area contributed by atoms with Crippen LogP contribution in [0.4, 0.5) is 13.2 Å². The van der Waals surface area contributed by atoms with E-state index in [0.29, 0.717) is 34.9 Å². The largest absolute Gasteiger partial charge is 0.206 e. The van der Waals surface area contributed by atoms with Crippen molar-refractivity contribution in [2.24, 2.45) is 5.92 Å².